The molecule has 0 aromatic carbocycles. The Kier molecular flexibility index (Phi) is 3.47. The molecule has 0 aliphatic heterocycles. The van der Waals surface area contributed by atoms with E-state index in [0.29, 0.717) is 0 Å². The van der Waals surface area contributed by atoms with Gasteiger partial charge in [-0.05, 0) is 30.2 Å². The summed E-state index contributed by atoms with van der Waals surface area (Å²) in [5.74, 6) is -3.94. The van der Waals surface area contributed by atoms with E-state index in [1.165, 1.54) is 13.0 Å². The van der Waals surface area contributed by atoms with Crippen molar-refractivity contribution in [1.82, 2.24) is 4.98 Å². The molecule has 1 aliphatic carbocycles. The first kappa shape index (κ1) is 14.7. The van der Waals surface area contributed by atoms with E-state index in [4.69, 9.17) is 16.7 Å². The number of nitriles is 1. The lowest BCUT2D eigenvalue weighted by Gasteiger charge is -2.25. The molecule has 21 heavy (non-hydrogen) atoms. The van der Waals surface area contributed by atoms with Crippen LogP contribution in [0.4, 0.5) is 8.78 Å². The third kappa shape index (κ3) is 2.60. The molecular formula is C14H12F2N4O. The van der Waals surface area contributed by atoms with Crippen LogP contribution in [0, 0.1) is 11.3 Å². The molecule has 0 saturated heterocycles. The molecule has 5 nitrogen and oxygen atoms in total. The van der Waals surface area contributed by atoms with Gasteiger partial charge in [0, 0.05) is 23.9 Å². The number of rotatable bonds is 2. The predicted octanol–water partition coefficient (Wildman–Crippen LogP) is 1.71. The van der Waals surface area contributed by atoms with Gasteiger partial charge in [0.2, 0.25) is 0 Å². The van der Waals surface area contributed by atoms with Crippen molar-refractivity contribution in [1.29, 1.82) is 5.26 Å². The molecule has 0 fully saturated rings. The number of alkyl halides is 2. The lowest BCUT2D eigenvalue weighted by molar-refractivity contribution is 0.0460. The highest BCUT2D eigenvalue weighted by Gasteiger charge is 2.37. The number of pyridine rings is 1. The summed E-state index contributed by atoms with van der Waals surface area (Å²) in [6, 6.07) is 3.13. The lowest BCUT2D eigenvalue weighted by atomic mass is 9.88. The Morgan fingerprint density at radius 1 is 1.52 bits per heavy atom. The molecule has 1 aliphatic rings. The number of nitrogens with zero attached hydrogens (tertiary/aromatic N) is 2. The number of halogens is 2. The number of nitrogens with two attached hydrogens (primary N) is 2. The lowest BCUT2D eigenvalue weighted by Crippen LogP contribution is -2.25. The smallest absolute Gasteiger partial charge is 0.273 e. The normalized spacial score (nSPS) is 17.1. The second kappa shape index (κ2) is 4.98. The zero-order valence-corrected chi connectivity index (χ0v) is 11.2. The molecule has 0 bridgehead atoms. The molecule has 7 heteroatoms. The zero-order valence-electron chi connectivity index (χ0n) is 11.2. The number of hydrogen-bond donors (Lipinski definition) is 2. The highest BCUT2D eigenvalue weighted by atomic mass is 19.3. The van der Waals surface area contributed by atoms with Crippen molar-refractivity contribution in [2.75, 3.05) is 0 Å². The van der Waals surface area contributed by atoms with Gasteiger partial charge in [-0.1, -0.05) is 0 Å². The molecule has 1 aromatic heterocycles. The Labute approximate surface area is 119 Å². The highest BCUT2D eigenvalue weighted by molar-refractivity contribution is 5.97. The minimum Gasteiger partial charge on any atom is -0.398 e. The molecule has 0 saturated carbocycles. The van der Waals surface area contributed by atoms with Crippen LogP contribution < -0.4 is 11.5 Å². The first-order chi connectivity index (χ1) is 9.76. The Morgan fingerprint density at radius 3 is 2.76 bits per heavy atom. The van der Waals surface area contributed by atoms with Crippen molar-refractivity contribution >= 4 is 11.5 Å². The monoisotopic (exact) mass is 290 g/mol. The SMILES string of the molecule is CC1=CC(N)=C(c2cc(C#N)cnc2C(N)=O)CC1(F)F. The van der Waals surface area contributed by atoms with E-state index in [-0.39, 0.29) is 33.7 Å². The highest BCUT2D eigenvalue weighted by Crippen LogP contribution is 2.40. The van der Waals surface area contributed by atoms with Crippen molar-refractivity contribution < 1.29 is 13.6 Å². The van der Waals surface area contributed by atoms with Gasteiger partial charge in [-0.25, -0.2) is 13.8 Å². The first-order valence-electron chi connectivity index (χ1n) is 6.02. The largest absolute Gasteiger partial charge is 0.398 e. The Balaban J connectivity index is 2.69. The molecule has 0 atom stereocenters. The third-order valence-electron chi connectivity index (χ3n) is 3.27. The summed E-state index contributed by atoms with van der Waals surface area (Å²) in [5, 5.41) is 8.89. The van der Waals surface area contributed by atoms with Crippen LogP contribution >= 0.6 is 0 Å². The number of amides is 1. The van der Waals surface area contributed by atoms with E-state index in [1.54, 1.807) is 0 Å². The minimum absolute atomic E-state index is 0.0593. The number of aromatic nitrogens is 1. The van der Waals surface area contributed by atoms with Gasteiger partial charge in [-0.2, -0.15) is 5.26 Å². The van der Waals surface area contributed by atoms with E-state index in [9.17, 15) is 13.6 Å². The third-order valence-corrected chi connectivity index (χ3v) is 3.27. The van der Waals surface area contributed by atoms with Crippen molar-refractivity contribution in [2.24, 2.45) is 11.5 Å². The molecule has 4 N–H and O–H groups in total. The maximum absolute atomic E-state index is 13.9. The average Bonchev–Trinajstić information content (AvgIpc) is 2.42. The maximum atomic E-state index is 13.9. The molecular weight excluding hydrogens is 278 g/mol. The van der Waals surface area contributed by atoms with Gasteiger partial charge in [0.05, 0.1) is 5.56 Å². The maximum Gasteiger partial charge on any atom is 0.273 e. The fraction of sp³-hybridized carbons (Fsp3) is 0.214. The van der Waals surface area contributed by atoms with Crippen LogP contribution in [0.5, 0.6) is 0 Å². The quantitative estimate of drug-likeness (QED) is 0.864. The fourth-order valence-corrected chi connectivity index (χ4v) is 2.09. The van der Waals surface area contributed by atoms with Crippen LogP contribution in [-0.2, 0) is 0 Å². The van der Waals surface area contributed by atoms with E-state index < -0.39 is 18.3 Å². The van der Waals surface area contributed by atoms with E-state index in [1.807, 2.05) is 6.07 Å². The summed E-state index contributed by atoms with van der Waals surface area (Å²) in [6.45, 7) is 1.28. The molecule has 0 radical (unpaired) electrons. The topological polar surface area (TPSA) is 106 Å². The molecule has 0 unspecified atom stereocenters. The van der Waals surface area contributed by atoms with Crippen molar-refractivity contribution in [3.63, 3.8) is 0 Å². The summed E-state index contributed by atoms with van der Waals surface area (Å²) >= 11 is 0. The minimum atomic E-state index is -3.07. The van der Waals surface area contributed by atoms with E-state index in [2.05, 4.69) is 4.98 Å². The van der Waals surface area contributed by atoms with Gasteiger partial charge in [0.25, 0.3) is 11.8 Å². The van der Waals surface area contributed by atoms with Crippen LogP contribution in [0.15, 0.2) is 29.6 Å². The number of primary amides is 1. The molecule has 0 spiro atoms. The van der Waals surface area contributed by atoms with Gasteiger partial charge in [-0.3, -0.25) is 4.79 Å². The molecule has 108 valence electrons. The van der Waals surface area contributed by atoms with Crippen LogP contribution in [0.1, 0.15) is 35.0 Å². The van der Waals surface area contributed by atoms with Crippen LogP contribution in [0.25, 0.3) is 5.57 Å². The summed E-state index contributed by atoms with van der Waals surface area (Å²) in [7, 11) is 0. The summed E-state index contributed by atoms with van der Waals surface area (Å²) in [6.07, 6.45) is 1.64. The number of allylic oxidation sites excluding steroid dienone is 3. The van der Waals surface area contributed by atoms with Crippen LogP contribution in [0.2, 0.25) is 0 Å². The number of carbonyl (C=O) groups is 1. The van der Waals surface area contributed by atoms with Gasteiger partial charge >= 0.3 is 0 Å². The predicted molar refractivity (Wildman–Crippen MR) is 71.9 cm³/mol. The Bertz CT molecular complexity index is 729. The second-order valence-electron chi connectivity index (χ2n) is 4.74. The van der Waals surface area contributed by atoms with E-state index in [0.717, 1.165) is 12.3 Å². The van der Waals surface area contributed by atoms with E-state index >= 15 is 0 Å². The fourth-order valence-electron chi connectivity index (χ4n) is 2.09. The zero-order chi connectivity index (χ0) is 15.8. The van der Waals surface area contributed by atoms with Gasteiger partial charge < -0.3 is 11.5 Å². The van der Waals surface area contributed by atoms with Crippen LogP contribution in [-0.4, -0.2) is 16.8 Å². The summed E-state index contributed by atoms with van der Waals surface area (Å²) in [5.41, 5.74) is 11.0. The van der Waals surface area contributed by atoms with Gasteiger partial charge in [0.1, 0.15) is 11.8 Å². The van der Waals surface area contributed by atoms with Crippen molar-refractivity contribution in [2.45, 2.75) is 19.3 Å². The summed E-state index contributed by atoms with van der Waals surface area (Å²) in [4.78, 5) is 15.2. The molecule has 1 heterocycles. The van der Waals surface area contributed by atoms with Gasteiger partial charge in [-0.15, -0.1) is 0 Å². The number of carbonyl (C=O) groups excluding carboxylic acids is 1. The second-order valence-corrected chi connectivity index (χ2v) is 4.74. The van der Waals surface area contributed by atoms with Crippen LogP contribution in [0.3, 0.4) is 0 Å². The first-order valence-corrected chi connectivity index (χ1v) is 6.02. The Hall–Kier alpha value is -2.75. The summed E-state index contributed by atoms with van der Waals surface area (Å²) < 4.78 is 27.7. The van der Waals surface area contributed by atoms with Gasteiger partial charge in [0.15, 0.2) is 0 Å². The van der Waals surface area contributed by atoms with Crippen molar-refractivity contribution in [3.05, 3.63) is 46.4 Å². The average molecular weight is 290 g/mol. The molecule has 1 aromatic rings. The standard InChI is InChI=1S/C14H12F2N4O/c1-7-2-11(18)10(4-14(7,15)16)9-3-8(5-17)6-20-12(9)13(19)21/h2-3,6H,4,18H2,1H3,(H2,19,21). The molecule has 1 amide bonds. The van der Waals surface area contributed by atoms with Crippen molar-refractivity contribution in [3.8, 4) is 6.07 Å². The number of hydrogen-bond acceptors (Lipinski definition) is 4. The molecule has 2 rings (SSSR count). The Morgan fingerprint density at radius 2 is 2.19 bits per heavy atom.